The van der Waals surface area contributed by atoms with E-state index in [2.05, 4.69) is 0 Å². The fraction of sp³-hybridized carbons (Fsp3) is 0.917. The third-order valence-corrected chi connectivity index (χ3v) is 5.22. The summed E-state index contributed by atoms with van der Waals surface area (Å²) in [5, 5.41) is 0. The maximum Gasteiger partial charge on any atom is 0.240 e. The largest absolute Gasteiger partial charge is 0.338 e. The van der Waals surface area contributed by atoms with Crippen molar-refractivity contribution in [3.05, 3.63) is 0 Å². The minimum absolute atomic E-state index is 0.0729. The summed E-state index contributed by atoms with van der Waals surface area (Å²) in [5.41, 5.74) is 5.65. The molecule has 0 radical (unpaired) electrons. The molecule has 0 saturated carbocycles. The van der Waals surface area contributed by atoms with Crippen LogP contribution in [0.4, 0.5) is 0 Å². The van der Waals surface area contributed by atoms with Gasteiger partial charge in [-0.1, -0.05) is 20.8 Å². The lowest BCUT2D eigenvalue weighted by molar-refractivity contribution is -0.136. The maximum atomic E-state index is 12.3. The van der Waals surface area contributed by atoms with Crippen molar-refractivity contribution in [2.45, 2.75) is 46.2 Å². The molecule has 2 atom stereocenters. The van der Waals surface area contributed by atoms with E-state index in [4.69, 9.17) is 5.73 Å². The predicted molar refractivity (Wildman–Crippen MR) is 71.9 cm³/mol. The number of hydrogen-bond acceptors (Lipinski definition) is 4. The van der Waals surface area contributed by atoms with Crippen molar-refractivity contribution in [1.29, 1.82) is 0 Å². The molecule has 1 rings (SSSR count). The van der Waals surface area contributed by atoms with Gasteiger partial charge in [-0.15, -0.1) is 0 Å². The summed E-state index contributed by atoms with van der Waals surface area (Å²) in [4.78, 5) is 14.0. The first-order valence-electron chi connectivity index (χ1n) is 6.35. The molecule has 5 nitrogen and oxygen atoms in total. The van der Waals surface area contributed by atoms with Gasteiger partial charge >= 0.3 is 0 Å². The van der Waals surface area contributed by atoms with Gasteiger partial charge in [-0.25, -0.2) is 8.42 Å². The number of nitrogens with two attached hydrogens (primary N) is 1. The number of sulfone groups is 1. The molecule has 106 valence electrons. The van der Waals surface area contributed by atoms with Crippen LogP contribution in [0.2, 0.25) is 0 Å². The molecule has 1 fully saturated rings. The number of carbonyl (C=O) groups excluding carboxylic acids is 1. The third-order valence-electron chi connectivity index (χ3n) is 3.47. The van der Waals surface area contributed by atoms with Crippen LogP contribution in [-0.2, 0) is 14.6 Å². The second-order valence-electron chi connectivity index (χ2n) is 6.02. The lowest BCUT2D eigenvalue weighted by Crippen LogP contribution is -2.53. The molecule has 18 heavy (non-hydrogen) atoms. The molecule has 0 aromatic heterocycles. The summed E-state index contributed by atoms with van der Waals surface area (Å²) >= 11 is 0. The molecule has 2 N–H and O–H groups in total. The first-order valence-corrected chi connectivity index (χ1v) is 8.17. The molecule has 1 aliphatic rings. The average molecular weight is 276 g/mol. The SMILES string of the molecule is CCN(C(=O)C(N)C(C)(C)C)C1CCS(=O)(=O)C1. The smallest absolute Gasteiger partial charge is 0.240 e. The van der Waals surface area contributed by atoms with Crippen LogP contribution in [0.15, 0.2) is 0 Å². The van der Waals surface area contributed by atoms with Crippen LogP contribution >= 0.6 is 0 Å². The van der Waals surface area contributed by atoms with Crippen LogP contribution in [-0.4, -0.2) is 49.4 Å². The predicted octanol–water partition coefficient (Wildman–Crippen LogP) is 0.395. The highest BCUT2D eigenvalue weighted by Gasteiger charge is 2.38. The molecule has 1 amide bonds. The average Bonchev–Trinajstić information content (AvgIpc) is 2.57. The first-order chi connectivity index (χ1) is 8.08. The second-order valence-corrected chi connectivity index (χ2v) is 8.25. The Morgan fingerprint density at radius 2 is 2.00 bits per heavy atom. The minimum atomic E-state index is -2.98. The zero-order valence-corrected chi connectivity index (χ0v) is 12.5. The molecular formula is C12H24N2O3S. The first kappa shape index (κ1) is 15.4. The van der Waals surface area contributed by atoms with Crippen LogP contribution in [0.25, 0.3) is 0 Å². The minimum Gasteiger partial charge on any atom is -0.338 e. The molecule has 0 bridgehead atoms. The normalized spacial score (nSPS) is 24.8. The monoisotopic (exact) mass is 276 g/mol. The Balaban J connectivity index is 2.82. The van der Waals surface area contributed by atoms with Gasteiger partial charge in [0.1, 0.15) is 0 Å². The summed E-state index contributed by atoms with van der Waals surface area (Å²) < 4.78 is 23.0. The number of nitrogens with zero attached hydrogens (tertiary/aromatic N) is 1. The lowest BCUT2D eigenvalue weighted by atomic mass is 9.86. The molecule has 6 heteroatoms. The highest BCUT2D eigenvalue weighted by molar-refractivity contribution is 7.91. The Hall–Kier alpha value is -0.620. The molecule has 0 aromatic carbocycles. The Morgan fingerprint density at radius 3 is 2.33 bits per heavy atom. The highest BCUT2D eigenvalue weighted by atomic mass is 32.2. The topological polar surface area (TPSA) is 80.5 Å². The Labute approximate surface area is 110 Å². The Bertz CT molecular complexity index is 412. The van der Waals surface area contributed by atoms with Crippen LogP contribution < -0.4 is 5.73 Å². The van der Waals surface area contributed by atoms with Gasteiger partial charge in [0, 0.05) is 12.6 Å². The molecule has 0 aliphatic carbocycles. The van der Waals surface area contributed by atoms with Gasteiger partial charge in [0.25, 0.3) is 0 Å². The summed E-state index contributed by atoms with van der Waals surface area (Å²) in [6.45, 7) is 8.10. The van der Waals surface area contributed by atoms with E-state index >= 15 is 0 Å². The van der Waals surface area contributed by atoms with Crippen LogP contribution in [0.1, 0.15) is 34.1 Å². The zero-order chi connectivity index (χ0) is 14.1. The van der Waals surface area contributed by atoms with Gasteiger partial charge in [0.2, 0.25) is 5.91 Å². The van der Waals surface area contributed by atoms with E-state index in [-0.39, 0.29) is 28.9 Å². The van der Waals surface area contributed by atoms with E-state index in [9.17, 15) is 13.2 Å². The van der Waals surface area contributed by atoms with Crippen molar-refractivity contribution in [2.24, 2.45) is 11.1 Å². The standard InChI is InChI=1S/C12H24N2O3S/c1-5-14(9-6-7-18(16,17)8-9)11(15)10(13)12(2,3)4/h9-10H,5-8,13H2,1-4H3. The summed E-state index contributed by atoms with van der Waals surface area (Å²) in [6, 6.07) is -0.804. The van der Waals surface area contributed by atoms with Gasteiger partial charge < -0.3 is 10.6 Å². The molecule has 2 unspecified atom stereocenters. The molecule has 0 aromatic rings. The van der Waals surface area contributed by atoms with Gasteiger partial charge in [-0.2, -0.15) is 0 Å². The van der Waals surface area contributed by atoms with E-state index < -0.39 is 15.9 Å². The van der Waals surface area contributed by atoms with E-state index in [1.165, 1.54) is 0 Å². The van der Waals surface area contributed by atoms with Crippen molar-refractivity contribution in [1.82, 2.24) is 4.90 Å². The van der Waals surface area contributed by atoms with Crippen molar-refractivity contribution < 1.29 is 13.2 Å². The van der Waals surface area contributed by atoms with Crippen molar-refractivity contribution in [3.8, 4) is 0 Å². The van der Waals surface area contributed by atoms with E-state index in [1.807, 2.05) is 27.7 Å². The fourth-order valence-corrected chi connectivity index (χ4v) is 3.89. The summed E-state index contributed by atoms with van der Waals surface area (Å²) in [6.07, 6.45) is 0.527. The fourth-order valence-electron chi connectivity index (χ4n) is 2.16. The van der Waals surface area contributed by atoms with Crippen molar-refractivity contribution >= 4 is 15.7 Å². The number of likely N-dealkylation sites (N-methyl/N-ethyl adjacent to an activating group) is 1. The quantitative estimate of drug-likeness (QED) is 0.809. The van der Waals surface area contributed by atoms with E-state index in [0.717, 1.165) is 0 Å². The molecular weight excluding hydrogens is 252 g/mol. The number of amides is 1. The maximum absolute atomic E-state index is 12.3. The molecule has 1 aliphatic heterocycles. The summed E-state index contributed by atoms with van der Waals surface area (Å²) in [7, 11) is -2.98. The number of carbonyl (C=O) groups is 1. The lowest BCUT2D eigenvalue weighted by Gasteiger charge is -2.34. The summed E-state index contributed by atoms with van der Waals surface area (Å²) in [5.74, 6) is 0.0995. The highest BCUT2D eigenvalue weighted by Crippen LogP contribution is 2.23. The van der Waals surface area contributed by atoms with E-state index in [0.29, 0.717) is 13.0 Å². The Kier molecular flexibility index (Phi) is 4.43. The third kappa shape index (κ3) is 3.45. The number of rotatable bonds is 3. The van der Waals surface area contributed by atoms with E-state index in [1.54, 1.807) is 4.90 Å². The van der Waals surface area contributed by atoms with Crippen LogP contribution in [0.3, 0.4) is 0 Å². The molecule has 1 saturated heterocycles. The van der Waals surface area contributed by atoms with Gasteiger partial charge in [0.15, 0.2) is 9.84 Å². The molecule has 0 spiro atoms. The van der Waals surface area contributed by atoms with Crippen LogP contribution in [0, 0.1) is 5.41 Å². The van der Waals surface area contributed by atoms with Crippen LogP contribution in [0.5, 0.6) is 0 Å². The van der Waals surface area contributed by atoms with Gasteiger partial charge in [-0.3, -0.25) is 4.79 Å². The Morgan fingerprint density at radius 1 is 1.44 bits per heavy atom. The molecule has 1 heterocycles. The zero-order valence-electron chi connectivity index (χ0n) is 11.6. The number of hydrogen-bond donors (Lipinski definition) is 1. The van der Waals surface area contributed by atoms with Crippen molar-refractivity contribution in [3.63, 3.8) is 0 Å². The van der Waals surface area contributed by atoms with Crippen molar-refractivity contribution in [2.75, 3.05) is 18.1 Å². The second kappa shape index (κ2) is 5.17. The van der Waals surface area contributed by atoms with Gasteiger partial charge in [-0.05, 0) is 18.8 Å². The van der Waals surface area contributed by atoms with Gasteiger partial charge in [0.05, 0.1) is 17.5 Å².